The zero-order valence-electron chi connectivity index (χ0n) is 36.3. The van der Waals surface area contributed by atoms with Gasteiger partial charge in [-0.05, 0) is 128 Å². The molecule has 0 aromatic heterocycles. The topological polar surface area (TPSA) is 9.72 Å². The van der Waals surface area contributed by atoms with E-state index in [1.54, 1.807) is 0 Å². The predicted molar refractivity (Wildman–Crippen MR) is 287 cm³/mol. The molecule has 314 valence electrons. The van der Waals surface area contributed by atoms with Crippen LogP contribution in [0.25, 0.3) is 0 Å². The van der Waals surface area contributed by atoms with E-state index in [4.69, 9.17) is 0 Å². The summed E-state index contributed by atoms with van der Waals surface area (Å²) in [7, 11) is -2.89. The second kappa shape index (κ2) is 15.3. The van der Waals surface area contributed by atoms with E-state index in [2.05, 4.69) is 257 Å². The lowest BCUT2D eigenvalue weighted by atomic mass is 9.33. The molecule has 3 nitrogen and oxygen atoms in total. The van der Waals surface area contributed by atoms with Crippen LogP contribution in [0, 0.1) is 0 Å². The minimum atomic E-state index is -2.89. The fourth-order valence-electron chi connectivity index (χ4n) is 11.5. The Hall–Kier alpha value is -7.42. The molecule has 0 unspecified atom stereocenters. The van der Waals surface area contributed by atoms with E-state index in [1.165, 1.54) is 79.5 Å². The van der Waals surface area contributed by atoms with Gasteiger partial charge in [-0.2, -0.15) is 0 Å². The zero-order chi connectivity index (χ0) is 44.1. The van der Waals surface area contributed by atoms with Gasteiger partial charge in [-0.3, -0.25) is 0 Å². The summed E-state index contributed by atoms with van der Waals surface area (Å²) < 4.78 is 0. The summed E-state index contributed by atoms with van der Waals surface area (Å²) in [6, 6.07) is 90.9. The third kappa shape index (κ3) is 5.75. The lowest BCUT2D eigenvalue weighted by Gasteiger charge is -2.47. The molecule has 0 N–H and O–H groups in total. The summed E-state index contributed by atoms with van der Waals surface area (Å²) in [5.74, 6) is 0. The number of rotatable bonds is 5. The molecule has 67 heavy (non-hydrogen) atoms. The Morgan fingerprint density at radius 1 is 0.328 bits per heavy atom. The van der Waals surface area contributed by atoms with Gasteiger partial charge in [0, 0.05) is 65.1 Å². The van der Waals surface area contributed by atoms with Gasteiger partial charge >= 0.3 is 0 Å². The van der Waals surface area contributed by atoms with Crippen LogP contribution in [0.3, 0.4) is 0 Å². The van der Waals surface area contributed by atoms with Crippen LogP contribution in [0.4, 0.5) is 51.2 Å². The number of para-hydroxylation sites is 5. The van der Waals surface area contributed by atoms with E-state index < -0.39 is 8.07 Å². The van der Waals surface area contributed by atoms with E-state index in [9.17, 15) is 0 Å². The molecule has 0 atom stereocenters. The monoisotopic (exact) mass is 905 g/mol. The van der Waals surface area contributed by atoms with Gasteiger partial charge in [-0.1, -0.05) is 175 Å². The quantitative estimate of drug-likeness (QED) is 0.159. The molecule has 0 aliphatic carbocycles. The summed E-state index contributed by atoms with van der Waals surface area (Å²) in [4.78, 5) is 13.0. The highest BCUT2D eigenvalue weighted by Gasteiger charge is 2.53. The largest absolute Gasteiger partial charge is 0.311 e. The Morgan fingerprint density at radius 3 is 1.30 bits per heavy atom. The standard InChI is InChI=1S/C60H40BN3S2Si/c1-5-21-41(22-6-1)62(42-23-7-2-8-24-42)45-37-50-60-51(38-45)64(44-27-11-4-12-28-44)49-40-59-55(39-47(49)61(60)46-29-13-14-30-48(46)63(50)43-25-9-3-10-26-43)66-54-33-17-20-36-58(54)67(59)56-34-18-15-31-52(56)65-53-32-16-19-35-57(53)67/h1-40H. The van der Waals surface area contributed by atoms with Gasteiger partial charge in [0.2, 0.25) is 0 Å². The van der Waals surface area contributed by atoms with Crippen molar-refractivity contribution in [2.45, 2.75) is 19.6 Å². The first-order valence-electron chi connectivity index (χ1n) is 23.0. The van der Waals surface area contributed by atoms with Crippen molar-refractivity contribution in [1.29, 1.82) is 0 Å². The second-order valence-corrected chi connectivity index (χ2v) is 23.4. The summed E-state index contributed by atoms with van der Waals surface area (Å²) in [5, 5.41) is 5.88. The second-order valence-electron chi connectivity index (χ2n) is 17.6. The Bertz CT molecular complexity index is 3470. The smallest absolute Gasteiger partial charge is 0.252 e. The van der Waals surface area contributed by atoms with Crippen LogP contribution >= 0.6 is 23.5 Å². The highest BCUT2D eigenvalue weighted by molar-refractivity contribution is 8.01. The Balaban J connectivity index is 1.12. The Kier molecular flexibility index (Phi) is 8.88. The van der Waals surface area contributed by atoms with Gasteiger partial charge in [-0.15, -0.1) is 0 Å². The van der Waals surface area contributed by atoms with E-state index in [1.807, 2.05) is 23.5 Å². The third-order valence-electron chi connectivity index (χ3n) is 14.1. The van der Waals surface area contributed by atoms with Crippen molar-refractivity contribution in [3.05, 3.63) is 243 Å². The molecule has 14 rings (SSSR count). The molecule has 0 amide bonds. The number of anilines is 9. The van der Waals surface area contributed by atoms with Crippen molar-refractivity contribution in [3.63, 3.8) is 0 Å². The molecule has 1 spiro atoms. The normalized spacial score (nSPS) is 14.2. The molecule has 7 heteroatoms. The zero-order valence-corrected chi connectivity index (χ0v) is 39.0. The van der Waals surface area contributed by atoms with Crippen LogP contribution in [-0.4, -0.2) is 14.8 Å². The SMILES string of the molecule is c1ccc(N(c2ccccc2)c2cc3c4c(c2)N(c2ccccc2)c2cc5c(cc2B4c2ccccc2N3c2ccccc2)Sc2ccccc2[Si]52c3ccccc3Sc3ccccc32)cc1. The predicted octanol–water partition coefficient (Wildman–Crippen LogP) is 11.5. The summed E-state index contributed by atoms with van der Waals surface area (Å²) in [5.41, 5.74) is 14.3. The van der Waals surface area contributed by atoms with Crippen LogP contribution in [0.2, 0.25) is 0 Å². The lowest BCUT2D eigenvalue weighted by Crippen LogP contribution is -2.78. The average molecular weight is 906 g/mol. The molecule has 0 bridgehead atoms. The van der Waals surface area contributed by atoms with Crippen molar-refractivity contribution < 1.29 is 0 Å². The maximum atomic E-state index is 2.66. The van der Waals surface area contributed by atoms with Crippen molar-refractivity contribution in [3.8, 4) is 0 Å². The molecule has 0 saturated heterocycles. The molecular weight excluding hydrogens is 866 g/mol. The number of hydrogen-bond acceptors (Lipinski definition) is 5. The maximum Gasteiger partial charge on any atom is 0.252 e. The van der Waals surface area contributed by atoms with Gasteiger partial charge in [-0.25, -0.2) is 0 Å². The highest BCUT2D eigenvalue weighted by Crippen LogP contribution is 2.49. The first-order valence-corrected chi connectivity index (χ1v) is 26.6. The molecule has 4 aliphatic rings. The Labute approximate surface area is 401 Å². The first-order chi connectivity index (χ1) is 33.3. The molecule has 10 aromatic rings. The highest BCUT2D eigenvalue weighted by atomic mass is 32.2. The number of hydrogen-bond donors (Lipinski definition) is 0. The van der Waals surface area contributed by atoms with Crippen LogP contribution in [0.15, 0.2) is 262 Å². The summed E-state index contributed by atoms with van der Waals surface area (Å²) in [6.07, 6.45) is 0. The number of fused-ring (bicyclic) bond motifs is 12. The fraction of sp³-hybridized carbons (Fsp3) is 0. The lowest BCUT2D eigenvalue weighted by molar-refractivity contribution is 1.22. The minimum Gasteiger partial charge on any atom is -0.311 e. The Morgan fingerprint density at radius 2 is 0.761 bits per heavy atom. The molecular formula is C60H40BN3S2Si. The fourth-order valence-corrected chi connectivity index (χ4v) is 20.7. The molecule has 0 radical (unpaired) electrons. The van der Waals surface area contributed by atoms with Gasteiger partial charge < -0.3 is 14.7 Å². The van der Waals surface area contributed by atoms with Gasteiger partial charge in [0.1, 0.15) is 0 Å². The van der Waals surface area contributed by atoms with E-state index in [0.717, 1.165) is 28.4 Å². The van der Waals surface area contributed by atoms with E-state index >= 15 is 0 Å². The van der Waals surface area contributed by atoms with Crippen LogP contribution in [0.1, 0.15) is 0 Å². The molecule has 10 aromatic carbocycles. The van der Waals surface area contributed by atoms with Crippen LogP contribution < -0.4 is 51.8 Å². The third-order valence-corrected chi connectivity index (χ3v) is 22.1. The van der Waals surface area contributed by atoms with Gasteiger partial charge in [0.05, 0.1) is 5.69 Å². The van der Waals surface area contributed by atoms with Crippen LogP contribution in [0.5, 0.6) is 0 Å². The molecule has 0 saturated carbocycles. The molecule has 4 heterocycles. The van der Waals surface area contributed by atoms with Crippen molar-refractivity contribution >= 4 is 127 Å². The number of benzene rings is 10. The maximum absolute atomic E-state index is 2.89. The summed E-state index contributed by atoms with van der Waals surface area (Å²) >= 11 is 3.89. The van der Waals surface area contributed by atoms with Crippen molar-refractivity contribution in [2.75, 3.05) is 14.7 Å². The van der Waals surface area contributed by atoms with Crippen molar-refractivity contribution in [1.82, 2.24) is 0 Å². The van der Waals surface area contributed by atoms with Crippen molar-refractivity contribution in [2.24, 2.45) is 0 Å². The minimum absolute atomic E-state index is 0.0331. The number of nitrogens with zero attached hydrogens (tertiary/aromatic N) is 3. The van der Waals surface area contributed by atoms with E-state index in [0.29, 0.717) is 0 Å². The van der Waals surface area contributed by atoms with Gasteiger partial charge in [0.15, 0.2) is 8.07 Å². The first kappa shape index (κ1) is 38.8. The van der Waals surface area contributed by atoms with E-state index in [-0.39, 0.29) is 6.71 Å². The average Bonchev–Trinajstić information content (AvgIpc) is 3.39. The summed E-state index contributed by atoms with van der Waals surface area (Å²) in [6.45, 7) is -0.0331. The van der Waals surface area contributed by atoms with Gasteiger partial charge in [0.25, 0.3) is 6.71 Å². The molecule has 4 aliphatic heterocycles. The van der Waals surface area contributed by atoms with Crippen LogP contribution in [-0.2, 0) is 0 Å². The molecule has 0 fully saturated rings.